The molecule has 0 saturated heterocycles. The predicted octanol–water partition coefficient (Wildman–Crippen LogP) is 1.42. The maximum Gasteiger partial charge on any atom is 0.0882 e. The molecule has 0 bridgehead atoms. The Morgan fingerprint density at radius 1 is 0.667 bits per heavy atom. The summed E-state index contributed by atoms with van der Waals surface area (Å²) in [5.41, 5.74) is 2.87. The molecule has 0 unspecified atom stereocenters. The fraction of sp³-hybridized carbons (Fsp3) is 0.143. The lowest BCUT2D eigenvalue weighted by molar-refractivity contribution is 1.50. The summed E-state index contributed by atoms with van der Waals surface area (Å²) < 4.78 is 0. The number of rotatable bonds is 2. The van der Waals surface area contributed by atoms with Gasteiger partial charge in [-0.05, 0) is 13.8 Å². The van der Waals surface area contributed by atoms with Gasteiger partial charge in [-0.15, -0.1) is 0 Å². The molecule has 1 heteroatoms. The van der Waals surface area contributed by atoms with Crippen LogP contribution in [0.3, 0.4) is 0 Å². The van der Waals surface area contributed by atoms with Crippen molar-refractivity contribution in [3.05, 3.63) is 59.7 Å². The van der Waals surface area contributed by atoms with E-state index in [1.54, 1.807) is 10.4 Å². The standard InChI is InChI=1S/C14H16Si/c1-11-7-3-5-9-13(11)15-14-10-6-4-8-12(14)2/h3-10H,15H2,1-2H3. The summed E-state index contributed by atoms with van der Waals surface area (Å²) in [4.78, 5) is 0. The largest absolute Gasteiger partial charge is 0.0882 e. The lowest BCUT2D eigenvalue weighted by Crippen LogP contribution is -2.30. The van der Waals surface area contributed by atoms with Gasteiger partial charge in [0.2, 0.25) is 0 Å². The predicted molar refractivity (Wildman–Crippen MR) is 70.2 cm³/mol. The Morgan fingerprint density at radius 2 is 1.07 bits per heavy atom. The first kappa shape index (κ1) is 10.2. The first-order valence-corrected chi connectivity index (χ1v) is 6.78. The molecule has 2 aromatic rings. The van der Waals surface area contributed by atoms with Gasteiger partial charge in [0.25, 0.3) is 0 Å². The molecule has 0 aliphatic carbocycles. The zero-order valence-corrected chi connectivity index (χ0v) is 10.7. The quantitative estimate of drug-likeness (QED) is 0.661. The van der Waals surface area contributed by atoms with Gasteiger partial charge in [-0.2, -0.15) is 0 Å². The van der Waals surface area contributed by atoms with Crippen molar-refractivity contribution in [1.82, 2.24) is 0 Å². The topological polar surface area (TPSA) is 0 Å². The molecule has 2 rings (SSSR count). The van der Waals surface area contributed by atoms with Crippen LogP contribution in [-0.4, -0.2) is 9.52 Å². The van der Waals surface area contributed by atoms with Crippen molar-refractivity contribution in [2.75, 3.05) is 0 Å². The summed E-state index contributed by atoms with van der Waals surface area (Å²) in [6, 6.07) is 17.5. The van der Waals surface area contributed by atoms with Crippen LogP contribution in [-0.2, 0) is 0 Å². The van der Waals surface area contributed by atoms with Crippen molar-refractivity contribution in [1.29, 1.82) is 0 Å². The summed E-state index contributed by atoms with van der Waals surface area (Å²) in [5, 5.41) is 3.12. The summed E-state index contributed by atoms with van der Waals surface area (Å²) >= 11 is 0. The lowest BCUT2D eigenvalue weighted by Gasteiger charge is -2.07. The van der Waals surface area contributed by atoms with Gasteiger partial charge >= 0.3 is 0 Å². The van der Waals surface area contributed by atoms with Crippen LogP contribution in [0, 0.1) is 13.8 Å². The van der Waals surface area contributed by atoms with Crippen LogP contribution in [0.2, 0.25) is 0 Å². The third-order valence-corrected chi connectivity index (χ3v) is 5.25. The highest BCUT2D eigenvalue weighted by atomic mass is 28.2. The Balaban J connectivity index is 2.30. The second-order valence-corrected chi connectivity index (χ2v) is 5.91. The Labute approximate surface area is 93.8 Å². The maximum atomic E-state index is 2.27. The van der Waals surface area contributed by atoms with E-state index in [0.29, 0.717) is 0 Å². The average molecular weight is 212 g/mol. The van der Waals surface area contributed by atoms with Gasteiger partial charge in [0.15, 0.2) is 0 Å². The van der Waals surface area contributed by atoms with Crippen LogP contribution in [0.5, 0.6) is 0 Å². The normalized spacial score (nSPS) is 10.3. The average Bonchev–Trinajstić information content (AvgIpc) is 2.24. The monoisotopic (exact) mass is 212 g/mol. The van der Waals surface area contributed by atoms with Gasteiger partial charge in [-0.25, -0.2) is 0 Å². The van der Waals surface area contributed by atoms with E-state index in [9.17, 15) is 0 Å². The van der Waals surface area contributed by atoms with Crippen molar-refractivity contribution in [2.24, 2.45) is 0 Å². The van der Waals surface area contributed by atoms with Crippen molar-refractivity contribution >= 4 is 19.9 Å². The molecule has 0 fully saturated rings. The highest BCUT2D eigenvalue weighted by Gasteiger charge is 2.01. The fourth-order valence-corrected chi connectivity index (χ4v) is 3.53. The van der Waals surface area contributed by atoms with Crippen molar-refractivity contribution in [3.8, 4) is 0 Å². The molecule has 0 aliphatic rings. The molecule has 15 heavy (non-hydrogen) atoms. The molecule has 0 atom stereocenters. The summed E-state index contributed by atoms with van der Waals surface area (Å²) in [6.45, 7) is 4.42. The number of hydrogen-bond acceptors (Lipinski definition) is 0. The van der Waals surface area contributed by atoms with Gasteiger partial charge in [0.1, 0.15) is 0 Å². The summed E-state index contributed by atoms with van der Waals surface area (Å²) in [6.07, 6.45) is 0. The number of aryl methyl sites for hydroxylation is 2. The Hall–Kier alpha value is -1.34. The molecule has 0 aromatic heterocycles. The molecule has 0 aliphatic heterocycles. The molecule has 0 N–H and O–H groups in total. The van der Waals surface area contributed by atoms with Gasteiger partial charge in [-0.1, -0.05) is 70.0 Å². The minimum absolute atomic E-state index is 0.292. The van der Waals surface area contributed by atoms with Crippen LogP contribution >= 0.6 is 0 Å². The zero-order valence-electron chi connectivity index (χ0n) is 9.33. The molecule has 0 spiro atoms. The van der Waals surface area contributed by atoms with E-state index in [1.807, 2.05) is 0 Å². The Kier molecular flexibility index (Phi) is 3.02. The van der Waals surface area contributed by atoms with Gasteiger partial charge in [0, 0.05) is 0 Å². The summed E-state index contributed by atoms with van der Waals surface area (Å²) in [5.74, 6) is 0. The van der Waals surface area contributed by atoms with E-state index >= 15 is 0 Å². The van der Waals surface area contributed by atoms with Crippen molar-refractivity contribution in [2.45, 2.75) is 13.8 Å². The van der Waals surface area contributed by atoms with E-state index in [-0.39, 0.29) is 9.52 Å². The van der Waals surface area contributed by atoms with Crippen LogP contribution in [0.25, 0.3) is 0 Å². The van der Waals surface area contributed by atoms with Gasteiger partial charge in [0.05, 0.1) is 9.52 Å². The molecular weight excluding hydrogens is 196 g/mol. The minimum atomic E-state index is -0.292. The first-order chi connectivity index (χ1) is 7.27. The third kappa shape index (κ3) is 2.36. The molecule has 0 nitrogen and oxygen atoms in total. The SMILES string of the molecule is Cc1ccccc1[SiH2]c1ccccc1C. The van der Waals surface area contributed by atoms with Crippen LogP contribution in [0.1, 0.15) is 11.1 Å². The van der Waals surface area contributed by atoms with E-state index in [1.165, 1.54) is 11.1 Å². The maximum absolute atomic E-state index is 2.27. The molecule has 0 radical (unpaired) electrons. The molecule has 0 saturated carbocycles. The Morgan fingerprint density at radius 3 is 1.47 bits per heavy atom. The Bertz CT molecular complexity index is 417. The second-order valence-electron chi connectivity index (χ2n) is 4.03. The van der Waals surface area contributed by atoms with Crippen molar-refractivity contribution < 1.29 is 0 Å². The molecule has 0 amide bonds. The van der Waals surface area contributed by atoms with Gasteiger partial charge < -0.3 is 0 Å². The molecule has 0 heterocycles. The van der Waals surface area contributed by atoms with Crippen LogP contribution in [0.15, 0.2) is 48.5 Å². The van der Waals surface area contributed by atoms with Crippen LogP contribution in [0.4, 0.5) is 0 Å². The minimum Gasteiger partial charge on any atom is -0.0630 e. The van der Waals surface area contributed by atoms with E-state index < -0.39 is 0 Å². The molecule has 76 valence electrons. The van der Waals surface area contributed by atoms with E-state index in [0.717, 1.165) is 0 Å². The molecule has 2 aromatic carbocycles. The fourth-order valence-electron chi connectivity index (χ4n) is 1.82. The number of hydrogen-bond donors (Lipinski definition) is 0. The van der Waals surface area contributed by atoms with Crippen LogP contribution < -0.4 is 10.4 Å². The highest BCUT2D eigenvalue weighted by molar-refractivity contribution is 6.68. The van der Waals surface area contributed by atoms with E-state index in [2.05, 4.69) is 62.4 Å². The second kappa shape index (κ2) is 4.45. The molecular formula is C14H16Si. The summed E-state index contributed by atoms with van der Waals surface area (Å²) in [7, 11) is -0.292. The third-order valence-electron chi connectivity index (χ3n) is 2.90. The first-order valence-electron chi connectivity index (χ1n) is 5.36. The zero-order chi connectivity index (χ0) is 10.7. The smallest absolute Gasteiger partial charge is 0.0630 e. The van der Waals surface area contributed by atoms with Gasteiger partial charge in [-0.3, -0.25) is 0 Å². The highest BCUT2D eigenvalue weighted by Crippen LogP contribution is 1.95. The van der Waals surface area contributed by atoms with E-state index in [4.69, 9.17) is 0 Å². The number of benzene rings is 2. The van der Waals surface area contributed by atoms with Crippen molar-refractivity contribution in [3.63, 3.8) is 0 Å². The lowest BCUT2D eigenvalue weighted by atomic mass is 10.2.